The van der Waals surface area contributed by atoms with Gasteiger partial charge in [-0.15, -0.1) is 11.6 Å². The molecule has 2 N–H and O–H groups in total. The third-order valence-electron chi connectivity index (χ3n) is 1.55. The summed E-state index contributed by atoms with van der Waals surface area (Å²) in [7, 11) is 0. The molecule has 13 heavy (non-hydrogen) atoms. The molecular formula is C9H10ClNO2. The van der Waals surface area contributed by atoms with Gasteiger partial charge in [0.1, 0.15) is 12.5 Å². The fourth-order valence-electron chi connectivity index (χ4n) is 0.862. The van der Waals surface area contributed by atoms with Crippen molar-refractivity contribution in [2.75, 3.05) is 11.6 Å². The molecule has 0 heterocycles. The predicted molar refractivity (Wildman–Crippen MR) is 51.4 cm³/mol. The SMILES string of the molecule is Nc1ccccc1COC(=O)CCl. The molecule has 1 aromatic carbocycles. The summed E-state index contributed by atoms with van der Waals surface area (Å²) < 4.78 is 4.81. The van der Waals surface area contributed by atoms with E-state index in [0.29, 0.717) is 5.69 Å². The van der Waals surface area contributed by atoms with Gasteiger partial charge in [-0.25, -0.2) is 0 Å². The van der Waals surface area contributed by atoms with Crippen LogP contribution in [0.5, 0.6) is 0 Å². The molecular weight excluding hydrogens is 190 g/mol. The van der Waals surface area contributed by atoms with Gasteiger partial charge in [-0.3, -0.25) is 4.79 Å². The van der Waals surface area contributed by atoms with E-state index in [0.717, 1.165) is 5.56 Å². The summed E-state index contributed by atoms with van der Waals surface area (Å²) >= 11 is 5.25. The van der Waals surface area contributed by atoms with Gasteiger partial charge < -0.3 is 10.5 Å². The van der Waals surface area contributed by atoms with Gasteiger partial charge in [0.15, 0.2) is 0 Å². The number of alkyl halides is 1. The second-order valence-corrected chi connectivity index (χ2v) is 2.76. The number of carbonyl (C=O) groups excluding carboxylic acids is 1. The van der Waals surface area contributed by atoms with Gasteiger partial charge in [-0.05, 0) is 6.07 Å². The number of esters is 1. The average Bonchev–Trinajstić information content (AvgIpc) is 2.16. The minimum Gasteiger partial charge on any atom is -0.460 e. The maximum atomic E-state index is 10.7. The van der Waals surface area contributed by atoms with Crippen LogP contribution < -0.4 is 5.73 Å². The number of nitrogen functional groups attached to an aromatic ring is 1. The van der Waals surface area contributed by atoms with Gasteiger partial charge in [0.05, 0.1) is 0 Å². The number of hydrogen-bond acceptors (Lipinski definition) is 3. The van der Waals surface area contributed by atoms with Crippen LogP contribution in [0.25, 0.3) is 0 Å². The molecule has 0 atom stereocenters. The number of halogens is 1. The number of benzene rings is 1. The fraction of sp³-hybridized carbons (Fsp3) is 0.222. The van der Waals surface area contributed by atoms with Gasteiger partial charge in [-0.1, -0.05) is 18.2 Å². The number of anilines is 1. The Kier molecular flexibility index (Phi) is 3.58. The van der Waals surface area contributed by atoms with Crippen LogP contribution >= 0.6 is 11.6 Å². The molecule has 0 aromatic heterocycles. The number of rotatable bonds is 3. The first-order valence-electron chi connectivity index (χ1n) is 3.79. The van der Waals surface area contributed by atoms with E-state index in [1.807, 2.05) is 12.1 Å². The summed E-state index contributed by atoms with van der Waals surface area (Å²) in [6, 6.07) is 7.21. The van der Waals surface area contributed by atoms with Crippen LogP contribution in [0.1, 0.15) is 5.56 Å². The number of nitrogens with two attached hydrogens (primary N) is 1. The van der Waals surface area contributed by atoms with E-state index in [2.05, 4.69) is 0 Å². The zero-order chi connectivity index (χ0) is 9.68. The highest BCUT2D eigenvalue weighted by Gasteiger charge is 2.02. The minimum absolute atomic E-state index is 0.132. The summed E-state index contributed by atoms with van der Waals surface area (Å²) in [4.78, 5) is 10.7. The highest BCUT2D eigenvalue weighted by atomic mass is 35.5. The lowest BCUT2D eigenvalue weighted by molar-refractivity contribution is -0.141. The molecule has 70 valence electrons. The second kappa shape index (κ2) is 4.72. The molecule has 0 amide bonds. The summed E-state index contributed by atoms with van der Waals surface area (Å²) in [6.07, 6.45) is 0. The fourth-order valence-corrected chi connectivity index (χ4v) is 0.940. The molecule has 0 saturated heterocycles. The lowest BCUT2D eigenvalue weighted by atomic mass is 10.2. The third kappa shape index (κ3) is 2.95. The summed E-state index contributed by atoms with van der Waals surface area (Å²) in [5.41, 5.74) is 7.03. The Labute approximate surface area is 81.4 Å². The molecule has 3 nitrogen and oxygen atoms in total. The Morgan fingerprint density at radius 2 is 2.15 bits per heavy atom. The Balaban J connectivity index is 2.54. The lowest BCUT2D eigenvalue weighted by Crippen LogP contribution is -2.06. The number of hydrogen-bond donors (Lipinski definition) is 1. The van der Waals surface area contributed by atoms with Crippen molar-refractivity contribution in [2.24, 2.45) is 0 Å². The van der Waals surface area contributed by atoms with Crippen molar-refractivity contribution in [3.8, 4) is 0 Å². The van der Waals surface area contributed by atoms with Gasteiger partial charge in [0, 0.05) is 11.3 Å². The lowest BCUT2D eigenvalue weighted by Gasteiger charge is -2.05. The van der Waals surface area contributed by atoms with Crippen LogP contribution in [0.2, 0.25) is 0 Å². The normalized spacial score (nSPS) is 9.62. The van der Waals surface area contributed by atoms with Crippen molar-refractivity contribution < 1.29 is 9.53 Å². The molecule has 0 saturated carbocycles. The minimum atomic E-state index is -0.440. The van der Waals surface area contributed by atoms with Crippen molar-refractivity contribution in [1.29, 1.82) is 0 Å². The molecule has 0 radical (unpaired) electrons. The molecule has 0 fully saturated rings. The molecule has 0 aliphatic heterocycles. The molecule has 0 aliphatic rings. The number of carbonyl (C=O) groups is 1. The van der Waals surface area contributed by atoms with Gasteiger partial charge in [-0.2, -0.15) is 0 Å². The first-order chi connectivity index (χ1) is 6.24. The molecule has 0 unspecified atom stereocenters. The van der Waals surface area contributed by atoms with Crippen LogP contribution in [-0.2, 0) is 16.1 Å². The van der Waals surface area contributed by atoms with E-state index in [9.17, 15) is 4.79 Å². The first-order valence-corrected chi connectivity index (χ1v) is 4.32. The second-order valence-electron chi connectivity index (χ2n) is 2.49. The Bertz CT molecular complexity index is 301. The van der Waals surface area contributed by atoms with E-state index in [1.165, 1.54) is 0 Å². The van der Waals surface area contributed by atoms with Crippen LogP contribution in [0.15, 0.2) is 24.3 Å². The molecule has 1 aromatic rings. The van der Waals surface area contributed by atoms with Crippen molar-refractivity contribution >= 4 is 23.3 Å². The molecule has 0 bridgehead atoms. The standard InChI is InChI=1S/C9H10ClNO2/c10-5-9(12)13-6-7-3-1-2-4-8(7)11/h1-4H,5-6,11H2. The van der Waals surface area contributed by atoms with Gasteiger partial charge >= 0.3 is 5.97 Å². The monoisotopic (exact) mass is 199 g/mol. The largest absolute Gasteiger partial charge is 0.460 e. The van der Waals surface area contributed by atoms with Crippen molar-refractivity contribution in [1.82, 2.24) is 0 Å². The number of ether oxygens (including phenoxy) is 1. The van der Waals surface area contributed by atoms with E-state index in [1.54, 1.807) is 12.1 Å². The Morgan fingerprint density at radius 3 is 2.77 bits per heavy atom. The van der Waals surface area contributed by atoms with Crippen LogP contribution in [0.3, 0.4) is 0 Å². The van der Waals surface area contributed by atoms with Crippen molar-refractivity contribution in [3.63, 3.8) is 0 Å². The van der Waals surface area contributed by atoms with Crippen LogP contribution in [0, 0.1) is 0 Å². The smallest absolute Gasteiger partial charge is 0.321 e. The maximum Gasteiger partial charge on any atom is 0.321 e. The Morgan fingerprint density at radius 1 is 1.46 bits per heavy atom. The van der Waals surface area contributed by atoms with E-state index >= 15 is 0 Å². The Hall–Kier alpha value is -1.22. The van der Waals surface area contributed by atoms with Crippen LogP contribution in [-0.4, -0.2) is 11.8 Å². The maximum absolute atomic E-state index is 10.7. The van der Waals surface area contributed by atoms with Gasteiger partial charge in [0.25, 0.3) is 0 Å². The molecule has 1 rings (SSSR count). The molecule has 4 heteroatoms. The summed E-state index contributed by atoms with van der Waals surface area (Å²) in [5.74, 6) is -0.572. The highest BCUT2D eigenvalue weighted by molar-refractivity contribution is 6.26. The van der Waals surface area contributed by atoms with E-state index < -0.39 is 5.97 Å². The van der Waals surface area contributed by atoms with E-state index in [-0.39, 0.29) is 12.5 Å². The van der Waals surface area contributed by atoms with Crippen molar-refractivity contribution in [2.45, 2.75) is 6.61 Å². The highest BCUT2D eigenvalue weighted by Crippen LogP contribution is 2.11. The quantitative estimate of drug-likeness (QED) is 0.457. The number of para-hydroxylation sites is 1. The molecule has 0 aliphatic carbocycles. The summed E-state index contributed by atoms with van der Waals surface area (Å²) in [6.45, 7) is 0.179. The van der Waals surface area contributed by atoms with E-state index in [4.69, 9.17) is 22.1 Å². The zero-order valence-corrected chi connectivity index (χ0v) is 7.75. The molecule has 0 spiro atoms. The average molecular weight is 200 g/mol. The third-order valence-corrected chi connectivity index (χ3v) is 1.77. The first kappa shape index (κ1) is 9.86. The van der Waals surface area contributed by atoms with Crippen LogP contribution in [0.4, 0.5) is 5.69 Å². The van der Waals surface area contributed by atoms with Gasteiger partial charge in [0.2, 0.25) is 0 Å². The van der Waals surface area contributed by atoms with Crippen molar-refractivity contribution in [3.05, 3.63) is 29.8 Å². The topological polar surface area (TPSA) is 52.3 Å². The summed E-state index contributed by atoms with van der Waals surface area (Å²) in [5, 5.41) is 0. The zero-order valence-electron chi connectivity index (χ0n) is 7.00. The predicted octanol–water partition coefficient (Wildman–Crippen LogP) is 1.55.